The molecule has 1 fully saturated rings. The van der Waals surface area contributed by atoms with E-state index in [-0.39, 0.29) is 29.3 Å². The highest BCUT2D eigenvalue weighted by Gasteiger charge is 2.31. The number of benzene rings is 2. The van der Waals surface area contributed by atoms with Gasteiger partial charge in [-0.15, -0.1) is 13.2 Å². The van der Waals surface area contributed by atoms with Gasteiger partial charge in [0.05, 0.1) is 5.75 Å². The summed E-state index contributed by atoms with van der Waals surface area (Å²) in [7, 11) is -3.21. The van der Waals surface area contributed by atoms with Crippen LogP contribution in [-0.2, 0) is 15.6 Å². The zero-order valence-electron chi connectivity index (χ0n) is 16.8. The van der Waals surface area contributed by atoms with E-state index in [2.05, 4.69) is 4.74 Å². The summed E-state index contributed by atoms with van der Waals surface area (Å²) >= 11 is 0. The lowest BCUT2D eigenvalue weighted by Crippen LogP contribution is -2.41. The molecule has 1 heterocycles. The maximum Gasteiger partial charge on any atom is 0.573 e. The van der Waals surface area contributed by atoms with Gasteiger partial charge >= 0.3 is 6.36 Å². The molecule has 0 unspecified atom stereocenters. The van der Waals surface area contributed by atoms with Gasteiger partial charge in [0.1, 0.15) is 17.6 Å². The van der Waals surface area contributed by atoms with Crippen LogP contribution in [0.25, 0.3) is 0 Å². The van der Waals surface area contributed by atoms with E-state index < -0.39 is 16.2 Å². The highest BCUT2D eigenvalue weighted by Crippen LogP contribution is 2.28. The van der Waals surface area contributed by atoms with Crippen LogP contribution in [0.4, 0.5) is 13.2 Å². The maximum atomic E-state index is 12.8. The molecule has 2 aromatic rings. The summed E-state index contributed by atoms with van der Waals surface area (Å²) in [5, 5.41) is 0. The molecule has 0 saturated carbocycles. The van der Waals surface area contributed by atoms with E-state index in [1.807, 2.05) is 0 Å². The summed E-state index contributed by atoms with van der Waals surface area (Å²) in [6.45, 7) is 0.830. The van der Waals surface area contributed by atoms with Gasteiger partial charge in [-0.3, -0.25) is 4.79 Å². The number of carbonyl (C=O) groups is 1. The Hall–Kier alpha value is -2.75. The number of piperidine rings is 1. The molecular formula is C21H22F3NO5S. The number of amides is 1. The van der Waals surface area contributed by atoms with Crippen LogP contribution in [0.5, 0.6) is 11.5 Å². The minimum absolute atomic E-state index is 0.138. The normalized spacial score (nSPS) is 15.5. The lowest BCUT2D eigenvalue weighted by atomic mass is 10.1. The minimum atomic E-state index is -4.77. The second kappa shape index (κ2) is 9.17. The van der Waals surface area contributed by atoms with Crippen molar-refractivity contribution in [2.75, 3.05) is 19.3 Å². The van der Waals surface area contributed by atoms with Crippen molar-refractivity contribution in [1.29, 1.82) is 0 Å². The number of halogens is 3. The smallest absolute Gasteiger partial charge is 0.490 e. The number of ether oxygens (including phenoxy) is 2. The second-order valence-corrected chi connectivity index (χ2v) is 9.54. The van der Waals surface area contributed by atoms with Gasteiger partial charge in [0.2, 0.25) is 0 Å². The van der Waals surface area contributed by atoms with Crippen molar-refractivity contribution in [1.82, 2.24) is 4.90 Å². The Morgan fingerprint density at radius 1 is 1.06 bits per heavy atom. The molecule has 0 aromatic heterocycles. The molecule has 1 aliphatic rings. The molecule has 0 spiro atoms. The summed E-state index contributed by atoms with van der Waals surface area (Å²) < 4.78 is 69.7. The number of rotatable bonds is 6. The number of hydrogen-bond donors (Lipinski definition) is 0. The minimum Gasteiger partial charge on any atom is -0.490 e. The second-order valence-electron chi connectivity index (χ2n) is 7.40. The lowest BCUT2D eigenvalue weighted by molar-refractivity contribution is -0.274. The first-order valence-electron chi connectivity index (χ1n) is 9.57. The Kier molecular flexibility index (Phi) is 6.78. The monoisotopic (exact) mass is 457 g/mol. The topological polar surface area (TPSA) is 72.9 Å². The van der Waals surface area contributed by atoms with Crippen molar-refractivity contribution in [3.05, 3.63) is 59.7 Å². The fourth-order valence-corrected chi connectivity index (χ4v) is 4.18. The van der Waals surface area contributed by atoms with Crippen LogP contribution >= 0.6 is 0 Å². The Morgan fingerprint density at radius 3 is 2.35 bits per heavy atom. The van der Waals surface area contributed by atoms with Crippen molar-refractivity contribution in [2.24, 2.45) is 0 Å². The van der Waals surface area contributed by atoms with Gasteiger partial charge in [-0.25, -0.2) is 8.42 Å². The molecule has 0 aliphatic carbocycles. The summed E-state index contributed by atoms with van der Waals surface area (Å²) in [6, 6.07) is 11.9. The third-order valence-electron chi connectivity index (χ3n) is 4.67. The first-order chi connectivity index (χ1) is 14.5. The molecule has 0 N–H and O–H groups in total. The van der Waals surface area contributed by atoms with E-state index in [1.165, 1.54) is 18.2 Å². The summed E-state index contributed by atoms with van der Waals surface area (Å²) in [5.74, 6) is -0.429. The van der Waals surface area contributed by atoms with Crippen LogP contribution < -0.4 is 9.47 Å². The van der Waals surface area contributed by atoms with Crippen molar-refractivity contribution < 1.29 is 35.9 Å². The Bertz CT molecular complexity index is 1030. The summed E-state index contributed by atoms with van der Waals surface area (Å²) in [5.41, 5.74) is 0.963. The van der Waals surface area contributed by atoms with E-state index in [4.69, 9.17) is 4.74 Å². The first-order valence-corrected chi connectivity index (χ1v) is 11.6. The molecule has 0 radical (unpaired) electrons. The molecule has 1 amide bonds. The SMILES string of the molecule is CS(=O)(=O)Cc1cccc(C(=O)N2CCC(Oc3cccc(OC(F)(F)F)c3)CC2)c1. The Labute approximate surface area is 178 Å². The predicted molar refractivity (Wildman–Crippen MR) is 108 cm³/mol. The molecule has 2 aromatic carbocycles. The maximum absolute atomic E-state index is 12.8. The van der Waals surface area contributed by atoms with Crippen LogP contribution in [0.2, 0.25) is 0 Å². The summed E-state index contributed by atoms with van der Waals surface area (Å²) in [6.07, 6.45) is -2.86. The van der Waals surface area contributed by atoms with Crippen molar-refractivity contribution in [2.45, 2.75) is 31.1 Å². The van der Waals surface area contributed by atoms with Crippen LogP contribution in [-0.4, -0.2) is 51.0 Å². The van der Waals surface area contributed by atoms with Gasteiger partial charge in [-0.1, -0.05) is 18.2 Å². The third kappa shape index (κ3) is 7.16. The van der Waals surface area contributed by atoms with Gasteiger partial charge in [-0.05, 0) is 29.8 Å². The van der Waals surface area contributed by atoms with E-state index in [0.29, 0.717) is 37.1 Å². The molecule has 10 heteroatoms. The quantitative estimate of drug-likeness (QED) is 0.660. The summed E-state index contributed by atoms with van der Waals surface area (Å²) in [4.78, 5) is 14.4. The number of likely N-dealkylation sites (tertiary alicyclic amines) is 1. The first kappa shape index (κ1) is 22.9. The predicted octanol–water partition coefficient (Wildman–Crippen LogP) is 3.81. The van der Waals surface area contributed by atoms with Crippen molar-refractivity contribution in [3.63, 3.8) is 0 Å². The highest BCUT2D eigenvalue weighted by atomic mass is 32.2. The third-order valence-corrected chi connectivity index (χ3v) is 5.53. The Morgan fingerprint density at radius 2 is 1.71 bits per heavy atom. The van der Waals surface area contributed by atoms with Gasteiger partial charge < -0.3 is 14.4 Å². The van der Waals surface area contributed by atoms with E-state index in [0.717, 1.165) is 6.26 Å². The average Bonchev–Trinajstić information content (AvgIpc) is 2.66. The molecule has 1 aliphatic heterocycles. The molecule has 1 saturated heterocycles. The fourth-order valence-electron chi connectivity index (χ4n) is 3.39. The van der Waals surface area contributed by atoms with Crippen molar-refractivity contribution in [3.8, 4) is 11.5 Å². The van der Waals surface area contributed by atoms with Crippen LogP contribution in [0.1, 0.15) is 28.8 Å². The molecule has 31 heavy (non-hydrogen) atoms. The molecule has 0 bridgehead atoms. The van der Waals surface area contributed by atoms with Crippen LogP contribution in [0.3, 0.4) is 0 Å². The number of carbonyl (C=O) groups excluding carboxylic acids is 1. The van der Waals surface area contributed by atoms with Crippen molar-refractivity contribution >= 4 is 15.7 Å². The van der Waals surface area contributed by atoms with E-state index in [1.54, 1.807) is 35.2 Å². The molecule has 168 valence electrons. The van der Waals surface area contributed by atoms with Gasteiger partial charge in [0, 0.05) is 43.8 Å². The molecule has 3 rings (SSSR count). The zero-order chi connectivity index (χ0) is 22.6. The van der Waals surface area contributed by atoms with E-state index >= 15 is 0 Å². The molecular weight excluding hydrogens is 435 g/mol. The van der Waals surface area contributed by atoms with E-state index in [9.17, 15) is 26.4 Å². The largest absolute Gasteiger partial charge is 0.573 e. The average molecular weight is 457 g/mol. The standard InChI is InChI=1S/C21H22F3NO5S/c1-31(27,28)14-15-4-2-5-16(12-15)20(26)25-10-8-17(9-11-25)29-18-6-3-7-19(13-18)30-21(22,23)24/h2-7,12-13,17H,8-11,14H2,1H3. The number of alkyl halides is 3. The number of hydrogen-bond acceptors (Lipinski definition) is 5. The van der Waals surface area contributed by atoms with Gasteiger partial charge in [0.15, 0.2) is 9.84 Å². The number of sulfone groups is 1. The lowest BCUT2D eigenvalue weighted by Gasteiger charge is -2.32. The zero-order valence-corrected chi connectivity index (χ0v) is 17.6. The Balaban J connectivity index is 1.57. The highest BCUT2D eigenvalue weighted by molar-refractivity contribution is 7.89. The van der Waals surface area contributed by atoms with Gasteiger partial charge in [-0.2, -0.15) is 0 Å². The van der Waals surface area contributed by atoms with Crippen LogP contribution in [0.15, 0.2) is 48.5 Å². The molecule has 6 nitrogen and oxygen atoms in total. The van der Waals surface area contributed by atoms with Gasteiger partial charge in [0.25, 0.3) is 5.91 Å². The van der Waals surface area contributed by atoms with Crippen LogP contribution in [0, 0.1) is 0 Å². The fraction of sp³-hybridized carbons (Fsp3) is 0.381. The molecule has 0 atom stereocenters. The number of nitrogens with zero attached hydrogens (tertiary/aromatic N) is 1.